The van der Waals surface area contributed by atoms with Crippen molar-refractivity contribution in [3.05, 3.63) is 130 Å². The molecule has 0 fully saturated rings. The Bertz CT molecular complexity index is 1640. The van der Waals surface area contributed by atoms with Crippen LogP contribution in [0.15, 0.2) is 108 Å². The lowest BCUT2D eigenvalue weighted by Crippen LogP contribution is -2.53. The number of hydrogen-bond donors (Lipinski definition) is 1. The number of anilines is 1. The number of nitrogens with one attached hydrogen (secondary N) is 1. The summed E-state index contributed by atoms with van der Waals surface area (Å²) in [7, 11) is -4.29. The molecule has 1 N–H and O–H groups in total. The Morgan fingerprint density at radius 3 is 2.00 bits per heavy atom. The standard InChI is InChI=1S/C32H30Cl2FN3O4S/c1-2-36-32(40)30(20-23-10-5-3-6-11-23)37(21-27-28(33)14-9-15-29(27)34)31(39)22-38(25-18-16-24(35)17-19-25)43(41,42)26-12-7-4-8-13-26/h3-19,30H,2,20-22H2,1H3,(H,36,40)/t30-/m1/s1. The molecule has 0 bridgehead atoms. The fraction of sp³-hybridized carbons (Fsp3) is 0.188. The first-order valence-corrected chi connectivity index (χ1v) is 15.7. The molecule has 2 amide bonds. The first-order valence-electron chi connectivity index (χ1n) is 13.5. The Kier molecular flexibility index (Phi) is 10.8. The number of benzene rings is 4. The van der Waals surface area contributed by atoms with Gasteiger partial charge in [0.05, 0.1) is 10.6 Å². The molecule has 0 aliphatic heterocycles. The van der Waals surface area contributed by atoms with Crippen molar-refractivity contribution >= 4 is 50.7 Å². The summed E-state index contributed by atoms with van der Waals surface area (Å²) in [6, 6.07) is 25.4. The van der Waals surface area contributed by atoms with Gasteiger partial charge in [0.15, 0.2) is 0 Å². The predicted molar refractivity (Wildman–Crippen MR) is 167 cm³/mol. The second kappa shape index (κ2) is 14.5. The minimum atomic E-state index is -4.29. The number of rotatable bonds is 12. The van der Waals surface area contributed by atoms with Crippen molar-refractivity contribution in [1.29, 1.82) is 0 Å². The molecule has 43 heavy (non-hydrogen) atoms. The molecule has 0 saturated carbocycles. The topological polar surface area (TPSA) is 86.8 Å². The number of halogens is 3. The summed E-state index contributed by atoms with van der Waals surface area (Å²) in [4.78, 5) is 29.1. The third-order valence-electron chi connectivity index (χ3n) is 6.74. The summed E-state index contributed by atoms with van der Waals surface area (Å²) < 4.78 is 42.5. The van der Waals surface area contributed by atoms with E-state index in [-0.39, 0.29) is 33.6 Å². The Labute approximate surface area is 260 Å². The molecule has 1 atom stereocenters. The van der Waals surface area contributed by atoms with Crippen molar-refractivity contribution in [2.75, 3.05) is 17.4 Å². The van der Waals surface area contributed by atoms with Crippen LogP contribution in [-0.2, 0) is 32.6 Å². The van der Waals surface area contributed by atoms with Gasteiger partial charge < -0.3 is 10.2 Å². The zero-order valence-electron chi connectivity index (χ0n) is 23.3. The van der Waals surface area contributed by atoms with E-state index in [9.17, 15) is 22.4 Å². The van der Waals surface area contributed by atoms with Gasteiger partial charge in [-0.15, -0.1) is 0 Å². The zero-order valence-corrected chi connectivity index (χ0v) is 25.6. The molecule has 4 rings (SSSR count). The summed E-state index contributed by atoms with van der Waals surface area (Å²) in [5.74, 6) is -1.68. The highest BCUT2D eigenvalue weighted by Crippen LogP contribution is 2.29. The highest BCUT2D eigenvalue weighted by Gasteiger charge is 2.35. The fourth-order valence-electron chi connectivity index (χ4n) is 4.56. The third-order valence-corrected chi connectivity index (χ3v) is 9.23. The van der Waals surface area contributed by atoms with E-state index in [2.05, 4.69) is 5.32 Å². The largest absolute Gasteiger partial charge is 0.355 e. The molecular formula is C32H30Cl2FN3O4S. The number of hydrogen-bond acceptors (Lipinski definition) is 4. The third kappa shape index (κ3) is 7.93. The first kappa shape index (κ1) is 32.0. The first-order chi connectivity index (χ1) is 20.6. The highest BCUT2D eigenvalue weighted by atomic mass is 35.5. The van der Waals surface area contributed by atoms with Gasteiger partial charge in [-0.05, 0) is 61.0 Å². The van der Waals surface area contributed by atoms with E-state index in [0.29, 0.717) is 12.1 Å². The molecule has 11 heteroatoms. The molecule has 0 spiro atoms. The van der Waals surface area contributed by atoms with E-state index in [1.165, 1.54) is 29.2 Å². The predicted octanol–water partition coefficient (Wildman–Crippen LogP) is 6.10. The number of sulfonamides is 1. The maximum absolute atomic E-state index is 14.3. The lowest BCUT2D eigenvalue weighted by Gasteiger charge is -2.34. The van der Waals surface area contributed by atoms with Gasteiger partial charge in [0.25, 0.3) is 10.0 Å². The summed E-state index contributed by atoms with van der Waals surface area (Å²) in [6.45, 7) is 1.21. The second-order valence-electron chi connectivity index (χ2n) is 9.62. The summed E-state index contributed by atoms with van der Waals surface area (Å²) >= 11 is 13.0. The molecule has 0 unspecified atom stereocenters. The number of carbonyl (C=O) groups excluding carboxylic acids is 2. The van der Waals surface area contributed by atoms with E-state index < -0.39 is 40.2 Å². The molecule has 0 heterocycles. The molecule has 224 valence electrons. The van der Waals surface area contributed by atoms with Gasteiger partial charge in [-0.1, -0.05) is 77.8 Å². The average Bonchev–Trinajstić information content (AvgIpc) is 3.00. The number of amides is 2. The molecule has 0 radical (unpaired) electrons. The maximum Gasteiger partial charge on any atom is 0.264 e. The quantitative estimate of drug-likeness (QED) is 0.202. The van der Waals surface area contributed by atoms with Crippen molar-refractivity contribution in [2.45, 2.75) is 30.8 Å². The zero-order chi connectivity index (χ0) is 31.0. The van der Waals surface area contributed by atoms with Crippen LogP contribution >= 0.6 is 23.2 Å². The van der Waals surface area contributed by atoms with Crippen LogP contribution in [0.4, 0.5) is 10.1 Å². The second-order valence-corrected chi connectivity index (χ2v) is 12.3. The van der Waals surface area contributed by atoms with E-state index >= 15 is 0 Å². The minimum absolute atomic E-state index is 0.0580. The molecular weight excluding hydrogens is 612 g/mol. The SMILES string of the molecule is CCNC(=O)[C@@H](Cc1ccccc1)N(Cc1c(Cl)cccc1Cl)C(=O)CN(c1ccc(F)cc1)S(=O)(=O)c1ccccc1. The normalized spacial score (nSPS) is 11.9. The van der Waals surface area contributed by atoms with Crippen LogP contribution < -0.4 is 9.62 Å². The lowest BCUT2D eigenvalue weighted by atomic mass is 10.0. The van der Waals surface area contributed by atoms with Crippen LogP contribution in [0.25, 0.3) is 0 Å². The fourth-order valence-corrected chi connectivity index (χ4v) is 6.51. The molecule has 4 aromatic carbocycles. The van der Waals surface area contributed by atoms with Gasteiger partial charge in [0, 0.05) is 35.1 Å². The van der Waals surface area contributed by atoms with Crippen LogP contribution in [0.5, 0.6) is 0 Å². The van der Waals surface area contributed by atoms with Crippen LogP contribution in [-0.4, -0.2) is 44.3 Å². The van der Waals surface area contributed by atoms with Gasteiger partial charge in [0.2, 0.25) is 11.8 Å². The van der Waals surface area contributed by atoms with Gasteiger partial charge in [-0.2, -0.15) is 0 Å². The summed E-state index contributed by atoms with van der Waals surface area (Å²) in [5, 5.41) is 3.36. The van der Waals surface area contributed by atoms with Crippen molar-refractivity contribution < 1.29 is 22.4 Å². The maximum atomic E-state index is 14.3. The molecule has 0 saturated heterocycles. The Morgan fingerprint density at radius 1 is 0.837 bits per heavy atom. The van der Waals surface area contributed by atoms with Gasteiger partial charge in [-0.25, -0.2) is 12.8 Å². The van der Waals surface area contributed by atoms with Gasteiger partial charge >= 0.3 is 0 Å². The molecule has 0 aliphatic carbocycles. The molecule has 0 aliphatic rings. The summed E-state index contributed by atoms with van der Waals surface area (Å²) in [6.07, 6.45) is 0.141. The highest BCUT2D eigenvalue weighted by molar-refractivity contribution is 7.92. The van der Waals surface area contributed by atoms with Crippen LogP contribution in [0.1, 0.15) is 18.1 Å². The van der Waals surface area contributed by atoms with Gasteiger partial charge in [0.1, 0.15) is 18.4 Å². The van der Waals surface area contributed by atoms with E-state index in [1.54, 1.807) is 43.3 Å². The van der Waals surface area contributed by atoms with Crippen LogP contribution in [0.2, 0.25) is 10.0 Å². The number of carbonyl (C=O) groups is 2. The Hall–Kier alpha value is -3.92. The Balaban J connectivity index is 1.82. The number of nitrogens with zero attached hydrogens (tertiary/aromatic N) is 2. The number of likely N-dealkylation sites (N-methyl/N-ethyl adjacent to an activating group) is 1. The van der Waals surface area contributed by atoms with Crippen molar-refractivity contribution in [2.24, 2.45) is 0 Å². The molecule has 4 aromatic rings. The van der Waals surface area contributed by atoms with Gasteiger partial charge in [-0.3, -0.25) is 13.9 Å². The smallest absolute Gasteiger partial charge is 0.264 e. The minimum Gasteiger partial charge on any atom is -0.355 e. The van der Waals surface area contributed by atoms with Crippen LogP contribution in [0.3, 0.4) is 0 Å². The van der Waals surface area contributed by atoms with E-state index in [4.69, 9.17) is 23.2 Å². The lowest BCUT2D eigenvalue weighted by molar-refractivity contribution is -0.140. The molecule has 0 aromatic heterocycles. The average molecular weight is 643 g/mol. The summed E-state index contributed by atoms with van der Waals surface area (Å²) in [5.41, 5.74) is 1.27. The monoisotopic (exact) mass is 641 g/mol. The van der Waals surface area contributed by atoms with Crippen molar-refractivity contribution in [3.63, 3.8) is 0 Å². The van der Waals surface area contributed by atoms with Crippen molar-refractivity contribution in [1.82, 2.24) is 10.2 Å². The van der Waals surface area contributed by atoms with E-state index in [0.717, 1.165) is 22.0 Å². The Morgan fingerprint density at radius 2 is 1.42 bits per heavy atom. The molecule has 7 nitrogen and oxygen atoms in total. The van der Waals surface area contributed by atoms with Crippen molar-refractivity contribution in [3.8, 4) is 0 Å². The van der Waals surface area contributed by atoms with E-state index in [1.807, 2.05) is 30.3 Å². The van der Waals surface area contributed by atoms with Crippen LogP contribution in [0, 0.1) is 5.82 Å².